The van der Waals surface area contributed by atoms with E-state index in [2.05, 4.69) is 5.32 Å². The van der Waals surface area contributed by atoms with Gasteiger partial charge in [0.2, 0.25) is 0 Å². The van der Waals surface area contributed by atoms with E-state index in [9.17, 15) is 19.5 Å². The number of rotatable bonds is 5. The minimum atomic E-state index is -1.41. The average Bonchev–Trinajstić information content (AvgIpc) is 2.48. The third-order valence-electron chi connectivity index (χ3n) is 3.09. The Labute approximate surface area is 158 Å². The summed E-state index contributed by atoms with van der Waals surface area (Å²) >= 11 is 0. The lowest BCUT2D eigenvalue weighted by molar-refractivity contribution is -0.139. The number of benzene rings is 1. The van der Waals surface area contributed by atoms with Gasteiger partial charge in [-0.05, 0) is 53.7 Å². The number of hydrogen-bond donors (Lipinski definition) is 2. The zero-order valence-corrected chi connectivity index (χ0v) is 16.7. The van der Waals surface area contributed by atoms with E-state index in [-0.39, 0.29) is 16.9 Å². The van der Waals surface area contributed by atoms with Gasteiger partial charge in [-0.3, -0.25) is 0 Å². The molecule has 0 aliphatic rings. The lowest BCUT2D eigenvalue weighted by atomic mass is 10.0. The van der Waals surface area contributed by atoms with Crippen LogP contribution >= 0.6 is 0 Å². The number of carbonyl (C=O) groups is 3. The van der Waals surface area contributed by atoms with Crippen molar-refractivity contribution in [2.75, 3.05) is 7.11 Å². The summed E-state index contributed by atoms with van der Waals surface area (Å²) in [5.74, 6) is -1.75. The van der Waals surface area contributed by atoms with E-state index in [0.717, 1.165) is 0 Å². The zero-order valence-electron chi connectivity index (χ0n) is 16.7. The van der Waals surface area contributed by atoms with Crippen LogP contribution in [0.25, 0.3) is 0 Å². The van der Waals surface area contributed by atoms with Gasteiger partial charge in [0.25, 0.3) is 0 Å². The molecule has 1 amide bonds. The molecule has 1 aromatic carbocycles. The van der Waals surface area contributed by atoms with E-state index in [0.29, 0.717) is 0 Å². The van der Waals surface area contributed by atoms with Gasteiger partial charge >= 0.3 is 18.0 Å². The van der Waals surface area contributed by atoms with E-state index < -0.39 is 35.3 Å². The smallest absolute Gasteiger partial charge is 0.408 e. The fourth-order valence-corrected chi connectivity index (χ4v) is 2.11. The fourth-order valence-electron chi connectivity index (χ4n) is 2.11. The molecule has 0 saturated carbocycles. The Balaban J connectivity index is 3.15. The van der Waals surface area contributed by atoms with Crippen LogP contribution in [0, 0.1) is 0 Å². The standard InChI is InChI=1S/C19H27NO7/c1-18(2,3)26-16(23)11-8-9-12(13(10-11)25-7)14(15(21)22)20-17(24)27-19(4,5)6/h8-10,14H,1-7H3,(H,20,24)(H,21,22). The van der Waals surface area contributed by atoms with Crippen molar-refractivity contribution in [3.05, 3.63) is 29.3 Å². The van der Waals surface area contributed by atoms with Crippen molar-refractivity contribution in [2.45, 2.75) is 58.8 Å². The van der Waals surface area contributed by atoms with Crippen molar-refractivity contribution in [3.8, 4) is 5.75 Å². The summed E-state index contributed by atoms with van der Waals surface area (Å²) in [6.45, 7) is 10.2. The number of carboxylic acid groups (broad SMARTS) is 1. The Bertz CT molecular complexity index is 714. The molecule has 8 nitrogen and oxygen atoms in total. The molecule has 27 heavy (non-hydrogen) atoms. The maximum Gasteiger partial charge on any atom is 0.408 e. The second-order valence-electron chi connectivity index (χ2n) is 7.88. The molecule has 0 bridgehead atoms. The number of alkyl carbamates (subject to hydrolysis) is 1. The summed E-state index contributed by atoms with van der Waals surface area (Å²) in [6, 6.07) is 2.77. The van der Waals surface area contributed by atoms with Crippen LogP contribution in [0.4, 0.5) is 4.79 Å². The lowest BCUT2D eigenvalue weighted by Gasteiger charge is -2.23. The number of carbonyl (C=O) groups excluding carboxylic acids is 2. The molecule has 150 valence electrons. The van der Waals surface area contributed by atoms with Gasteiger partial charge in [0.05, 0.1) is 12.7 Å². The summed E-state index contributed by atoms with van der Waals surface area (Å²) in [5.41, 5.74) is -1.09. The molecule has 1 atom stereocenters. The largest absolute Gasteiger partial charge is 0.496 e. The Kier molecular flexibility index (Phi) is 6.83. The molecule has 8 heteroatoms. The first-order valence-corrected chi connectivity index (χ1v) is 8.37. The monoisotopic (exact) mass is 381 g/mol. The molecule has 2 N–H and O–H groups in total. The minimum absolute atomic E-state index is 0.127. The zero-order chi connectivity index (χ0) is 21.0. The molecule has 1 unspecified atom stereocenters. The van der Waals surface area contributed by atoms with Crippen LogP contribution in [0.3, 0.4) is 0 Å². The van der Waals surface area contributed by atoms with E-state index in [1.54, 1.807) is 41.5 Å². The van der Waals surface area contributed by atoms with Crippen molar-refractivity contribution < 1.29 is 33.7 Å². The summed E-state index contributed by atoms with van der Waals surface area (Å²) in [4.78, 5) is 35.8. The SMILES string of the molecule is COc1cc(C(=O)OC(C)(C)C)ccc1C(NC(=O)OC(C)(C)C)C(=O)O. The van der Waals surface area contributed by atoms with Gasteiger partial charge in [-0.15, -0.1) is 0 Å². The van der Waals surface area contributed by atoms with Gasteiger partial charge in [0.15, 0.2) is 6.04 Å². The molecule has 0 heterocycles. The predicted molar refractivity (Wildman–Crippen MR) is 97.9 cm³/mol. The van der Waals surface area contributed by atoms with Gasteiger partial charge in [-0.1, -0.05) is 6.07 Å². The topological polar surface area (TPSA) is 111 Å². The highest BCUT2D eigenvalue weighted by molar-refractivity contribution is 5.91. The Morgan fingerprint density at radius 3 is 2.00 bits per heavy atom. The lowest BCUT2D eigenvalue weighted by Crippen LogP contribution is -2.38. The number of esters is 1. The van der Waals surface area contributed by atoms with Crippen LogP contribution in [-0.4, -0.2) is 41.5 Å². The predicted octanol–water partition coefficient (Wildman–Crippen LogP) is 3.30. The molecule has 1 aromatic rings. The van der Waals surface area contributed by atoms with Gasteiger partial charge < -0.3 is 24.6 Å². The third-order valence-corrected chi connectivity index (χ3v) is 3.09. The quantitative estimate of drug-likeness (QED) is 0.753. The molecule has 0 fully saturated rings. The summed E-state index contributed by atoms with van der Waals surface area (Å²) in [5, 5.41) is 11.8. The first-order chi connectivity index (χ1) is 12.2. The number of methoxy groups -OCH3 is 1. The number of ether oxygens (including phenoxy) is 3. The maximum absolute atomic E-state index is 12.2. The Morgan fingerprint density at radius 1 is 1.00 bits per heavy atom. The van der Waals surface area contributed by atoms with Gasteiger partial charge in [-0.2, -0.15) is 0 Å². The van der Waals surface area contributed by atoms with Crippen molar-refractivity contribution in [2.24, 2.45) is 0 Å². The van der Waals surface area contributed by atoms with Gasteiger partial charge in [0.1, 0.15) is 17.0 Å². The Hall–Kier alpha value is -2.77. The molecule has 0 aromatic heterocycles. The first kappa shape index (κ1) is 22.3. The molecule has 0 radical (unpaired) electrons. The van der Waals surface area contributed by atoms with Crippen LogP contribution in [0.5, 0.6) is 5.75 Å². The van der Waals surface area contributed by atoms with E-state index >= 15 is 0 Å². The molecular formula is C19H27NO7. The van der Waals surface area contributed by atoms with Crippen LogP contribution in [0.15, 0.2) is 18.2 Å². The first-order valence-electron chi connectivity index (χ1n) is 8.37. The highest BCUT2D eigenvalue weighted by atomic mass is 16.6. The van der Waals surface area contributed by atoms with Crippen molar-refractivity contribution in [1.82, 2.24) is 5.32 Å². The van der Waals surface area contributed by atoms with Crippen LogP contribution in [-0.2, 0) is 14.3 Å². The molecule has 0 aliphatic heterocycles. The average molecular weight is 381 g/mol. The van der Waals surface area contributed by atoms with E-state index in [1.165, 1.54) is 25.3 Å². The van der Waals surface area contributed by atoms with Crippen LogP contribution in [0.1, 0.15) is 63.5 Å². The van der Waals surface area contributed by atoms with Crippen LogP contribution < -0.4 is 10.1 Å². The van der Waals surface area contributed by atoms with Gasteiger partial charge in [0, 0.05) is 5.56 Å². The fraction of sp³-hybridized carbons (Fsp3) is 0.526. The van der Waals surface area contributed by atoms with Crippen LogP contribution in [0.2, 0.25) is 0 Å². The highest BCUT2D eigenvalue weighted by Gasteiger charge is 2.29. The summed E-state index contributed by atoms with van der Waals surface area (Å²) < 4.78 is 15.6. The Morgan fingerprint density at radius 2 is 1.56 bits per heavy atom. The third kappa shape index (κ3) is 7.16. The van der Waals surface area contributed by atoms with E-state index in [4.69, 9.17) is 14.2 Å². The van der Waals surface area contributed by atoms with Crippen molar-refractivity contribution in [3.63, 3.8) is 0 Å². The number of nitrogens with one attached hydrogen (secondary N) is 1. The maximum atomic E-state index is 12.2. The summed E-state index contributed by atoms with van der Waals surface area (Å²) in [6.07, 6.45) is -0.881. The molecule has 1 rings (SSSR count). The number of aliphatic carboxylic acids is 1. The normalized spacial score (nSPS) is 12.7. The number of amides is 1. The van der Waals surface area contributed by atoms with Gasteiger partial charge in [-0.25, -0.2) is 14.4 Å². The van der Waals surface area contributed by atoms with E-state index in [1.807, 2.05) is 0 Å². The molecule has 0 spiro atoms. The second-order valence-corrected chi connectivity index (χ2v) is 7.88. The summed E-state index contributed by atoms with van der Waals surface area (Å²) in [7, 11) is 1.34. The van der Waals surface area contributed by atoms with Crippen molar-refractivity contribution in [1.29, 1.82) is 0 Å². The molecular weight excluding hydrogens is 354 g/mol. The second kappa shape index (κ2) is 8.28. The number of carboxylic acids is 1. The van der Waals surface area contributed by atoms with Crippen molar-refractivity contribution >= 4 is 18.0 Å². The number of hydrogen-bond acceptors (Lipinski definition) is 6. The molecule has 0 aliphatic carbocycles. The highest BCUT2D eigenvalue weighted by Crippen LogP contribution is 2.28. The molecule has 0 saturated heterocycles. The minimum Gasteiger partial charge on any atom is -0.496 e.